The molecule has 0 aliphatic carbocycles. The van der Waals surface area contributed by atoms with Crippen LogP contribution in [-0.2, 0) is 25.5 Å². The van der Waals surface area contributed by atoms with Gasteiger partial charge in [0.15, 0.2) is 11.2 Å². The van der Waals surface area contributed by atoms with E-state index in [4.69, 9.17) is 5.73 Å². The van der Waals surface area contributed by atoms with E-state index in [1.807, 2.05) is 0 Å². The Kier molecular flexibility index (Phi) is 7.76. The number of ether oxygens (including phenoxy) is 1. The van der Waals surface area contributed by atoms with E-state index in [0.717, 1.165) is 11.3 Å². The van der Waals surface area contributed by atoms with Gasteiger partial charge < -0.3 is 15.8 Å². The number of thiazole rings is 1. The van der Waals surface area contributed by atoms with Crippen molar-refractivity contribution in [2.75, 3.05) is 5.73 Å². The number of amides is 3. The van der Waals surface area contributed by atoms with Gasteiger partial charge in [0.05, 0.1) is 12.0 Å². The van der Waals surface area contributed by atoms with E-state index >= 15 is 0 Å². The van der Waals surface area contributed by atoms with E-state index in [1.54, 1.807) is 60.7 Å². The van der Waals surface area contributed by atoms with Gasteiger partial charge >= 0.3 is 24.1 Å². The van der Waals surface area contributed by atoms with Gasteiger partial charge in [0.25, 0.3) is 0 Å². The molecule has 1 aliphatic rings. The van der Waals surface area contributed by atoms with Gasteiger partial charge in [-0.2, -0.15) is 13.2 Å². The van der Waals surface area contributed by atoms with Crippen molar-refractivity contribution in [3.8, 4) is 0 Å². The number of alkyl halides is 3. The predicted octanol–water partition coefficient (Wildman–Crippen LogP) is 3.62. The lowest BCUT2D eigenvalue weighted by atomic mass is 9.83. The molecule has 4 rings (SSSR count). The number of hydrogen-bond donors (Lipinski definition) is 2. The summed E-state index contributed by atoms with van der Waals surface area (Å²) in [6, 6.07) is 14.0. The fourth-order valence-corrected chi connectivity index (χ4v) is 4.81. The number of anilines is 1. The Morgan fingerprint density at radius 2 is 1.63 bits per heavy atom. The number of imide groups is 1. The molecule has 1 aliphatic heterocycles. The number of nitrogens with two attached hydrogens (primary N) is 1. The molecule has 198 valence electrons. The van der Waals surface area contributed by atoms with E-state index in [9.17, 15) is 32.3 Å². The summed E-state index contributed by atoms with van der Waals surface area (Å²) in [6.07, 6.45) is -3.75. The van der Waals surface area contributed by atoms with Crippen molar-refractivity contribution >= 4 is 40.3 Å². The molecule has 0 radical (unpaired) electrons. The van der Waals surface area contributed by atoms with Crippen molar-refractivity contribution in [3.63, 3.8) is 0 Å². The molecular formula is C25H21F3N4O5S. The van der Waals surface area contributed by atoms with Crippen LogP contribution in [0.5, 0.6) is 0 Å². The van der Waals surface area contributed by atoms with Gasteiger partial charge in [-0.05, 0) is 24.0 Å². The van der Waals surface area contributed by atoms with Crippen molar-refractivity contribution in [2.45, 2.75) is 31.1 Å². The fourth-order valence-electron chi connectivity index (χ4n) is 4.11. The molecule has 2 atom stereocenters. The molecule has 3 aromatic rings. The van der Waals surface area contributed by atoms with Crippen molar-refractivity contribution in [1.82, 2.24) is 15.2 Å². The third-order valence-electron chi connectivity index (χ3n) is 5.91. The highest BCUT2D eigenvalue weighted by Crippen LogP contribution is 2.34. The molecule has 1 aromatic heterocycles. The SMILES string of the molecule is Nc1ncc(CC[C@H]2C(=O)N(C(=O)NC(c3ccccc3)c3ccccc3)[C@@H]2C(=O)OC(=O)C(F)(F)F)s1. The Morgan fingerprint density at radius 1 is 1.05 bits per heavy atom. The quantitative estimate of drug-likeness (QED) is 0.263. The number of esters is 2. The Morgan fingerprint density at radius 3 is 2.13 bits per heavy atom. The number of nitrogens with zero attached hydrogens (tertiary/aromatic N) is 2. The number of nitrogen functional groups attached to an aromatic ring is 1. The molecule has 9 nitrogen and oxygen atoms in total. The van der Waals surface area contributed by atoms with Crippen LogP contribution in [0.2, 0.25) is 0 Å². The molecule has 1 fully saturated rings. The fraction of sp³-hybridized carbons (Fsp3) is 0.240. The largest absolute Gasteiger partial charge is 0.491 e. The van der Waals surface area contributed by atoms with E-state index < -0.39 is 48.1 Å². The number of aromatic nitrogens is 1. The van der Waals surface area contributed by atoms with Crippen LogP contribution in [0.25, 0.3) is 0 Å². The molecular weight excluding hydrogens is 525 g/mol. The molecule has 2 aromatic carbocycles. The van der Waals surface area contributed by atoms with Crippen LogP contribution in [0.15, 0.2) is 66.9 Å². The number of urea groups is 1. The number of aryl methyl sites for hydroxylation is 1. The standard InChI is InChI=1S/C25H21F3N4O5S/c26-25(27,28)22(35)37-21(34)19-17(12-11-16-13-30-23(29)38-16)20(33)32(19)24(36)31-18(14-7-3-1-4-8-14)15-9-5-2-6-10-15/h1-10,13,17-19H,11-12H2,(H2,29,30)(H,31,36)/t17-,19+/m1/s1. The number of benzene rings is 2. The van der Waals surface area contributed by atoms with E-state index in [1.165, 1.54) is 6.20 Å². The second kappa shape index (κ2) is 11.0. The molecule has 0 saturated carbocycles. The zero-order valence-electron chi connectivity index (χ0n) is 19.6. The maximum absolute atomic E-state index is 13.3. The number of hydrogen-bond acceptors (Lipinski definition) is 8. The molecule has 1 saturated heterocycles. The average Bonchev–Trinajstić information content (AvgIpc) is 3.30. The van der Waals surface area contributed by atoms with Crippen molar-refractivity contribution in [1.29, 1.82) is 0 Å². The number of rotatable bonds is 7. The summed E-state index contributed by atoms with van der Waals surface area (Å²) in [5, 5.41) is 2.95. The van der Waals surface area contributed by atoms with Gasteiger partial charge in [0, 0.05) is 11.1 Å². The molecule has 2 heterocycles. The highest BCUT2D eigenvalue weighted by molar-refractivity contribution is 7.15. The average molecular weight is 547 g/mol. The van der Waals surface area contributed by atoms with Crippen LogP contribution >= 0.6 is 11.3 Å². The summed E-state index contributed by atoms with van der Waals surface area (Å²) in [4.78, 5) is 55.3. The topological polar surface area (TPSA) is 132 Å². The summed E-state index contributed by atoms with van der Waals surface area (Å²) in [5.74, 6) is -6.36. The van der Waals surface area contributed by atoms with Gasteiger partial charge in [-0.1, -0.05) is 60.7 Å². The summed E-state index contributed by atoms with van der Waals surface area (Å²) >= 11 is 1.14. The normalized spacial score (nSPS) is 17.2. The Bertz CT molecular complexity index is 1290. The van der Waals surface area contributed by atoms with Gasteiger partial charge in [-0.25, -0.2) is 24.3 Å². The van der Waals surface area contributed by atoms with Crippen LogP contribution in [0.4, 0.5) is 23.1 Å². The van der Waals surface area contributed by atoms with Crippen LogP contribution in [0, 0.1) is 5.92 Å². The predicted molar refractivity (Wildman–Crippen MR) is 129 cm³/mol. The molecule has 0 spiro atoms. The second-order valence-electron chi connectivity index (χ2n) is 8.37. The molecule has 0 bridgehead atoms. The highest BCUT2D eigenvalue weighted by Gasteiger charge is 2.57. The third kappa shape index (κ3) is 5.83. The lowest BCUT2D eigenvalue weighted by molar-refractivity contribution is -0.205. The first-order valence-electron chi connectivity index (χ1n) is 11.3. The molecule has 38 heavy (non-hydrogen) atoms. The van der Waals surface area contributed by atoms with Crippen LogP contribution in [0.3, 0.4) is 0 Å². The minimum Gasteiger partial charge on any atom is -0.385 e. The minimum atomic E-state index is -5.43. The first kappa shape index (κ1) is 26.8. The van der Waals surface area contributed by atoms with E-state index in [-0.39, 0.29) is 18.0 Å². The number of β-lactam (4-membered cyclic amide) rings is 1. The highest BCUT2D eigenvalue weighted by atomic mass is 32.1. The van der Waals surface area contributed by atoms with Crippen molar-refractivity contribution < 1.29 is 37.1 Å². The van der Waals surface area contributed by atoms with Crippen LogP contribution < -0.4 is 11.1 Å². The Hall–Kier alpha value is -4.26. The minimum absolute atomic E-state index is 0.00891. The number of carbonyl (C=O) groups is 4. The van der Waals surface area contributed by atoms with Gasteiger partial charge in [0.2, 0.25) is 5.91 Å². The first-order chi connectivity index (χ1) is 18.1. The molecule has 3 amide bonds. The number of likely N-dealkylation sites (tertiary alicyclic amines) is 1. The van der Waals surface area contributed by atoms with E-state index in [0.29, 0.717) is 20.9 Å². The number of carbonyl (C=O) groups excluding carboxylic acids is 4. The van der Waals surface area contributed by atoms with Gasteiger partial charge in [-0.3, -0.25) is 4.79 Å². The van der Waals surface area contributed by atoms with Crippen molar-refractivity contribution in [3.05, 3.63) is 82.9 Å². The molecule has 0 unspecified atom stereocenters. The Balaban J connectivity index is 1.57. The summed E-state index contributed by atoms with van der Waals surface area (Å²) in [7, 11) is 0. The lowest BCUT2D eigenvalue weighted by Crippen LogP contribution is -2.68. The van der Waals surface area contributed by atoms with Gasteiger partial charge in [0.1, 0.15) is 0 Å². The first-order valence-corrected chi connectivity index (χ1v) is 12.1. The molecule has 3 N–H and O–H groups in total. The summed E-state index contributed by atoms with van der Waals surface area (Å²) < 4.78 is 42.2. The van der Waals surface area contributed by atoms with E-state index in [2.05, 4.69) is 15.0 Å². The third-order valence-corrected chi connectivity index (χ3v) is 6.79. The van der Waals surface area contributed by atoms with Gasteiger partial charge in [-0.15, -0.1) is 11.3 Å². The Labute approximate surface area is 218 Å². The lowest BCUT2D eigenvalue weighted by Gasteiger charge is -2.44. The summed E-state index contributed by atoms with van der Waals surface area (Å²) in [5.41, 5.74) is 6.91. The number of halogens is 3. The maximum Gasteiger partial charge on any atom is 0.491 e. The van der Waals surface area contributed by atoms with Crippen LogP contribution in [0.1, 0.15) is 28.5 Å². The number of nitrogens with one attached hydrogen (secondary N) is 1. The van der Waals surface area contributed by atoms with Crippen LogP contribution in [-0.4, -0.2) is 46.0 Å². The second-order valence-corrected chi connectivity index (χ2v) is 9.52. The zero-order valence-corrected chi connectivity index (χ0v) is 20.4. The zero-order chi connectivity index (χ0) is 27.4. The monoisotopic (exact) mass is 546 g/mol. The molecule has 13 heteroatoms. The summed E-state index contributed by atoms with van der Waals surface area (Å²) in [6.45, 7) is 0. The smallest absolute Gasteiger partial charge is 0.385 e. The maximum atomic E-state index is 13.3. The van der Waals surface area contributed by atoms with Crippen molar-refractivity contribution in [2.24, 2.45) is 5.92 Å².